The molecule has 0 radical (unpaired) electrons. The summed E-state index contributed by atoms with van der Waals surface area (Å²) in [6.45, 7) is 9.81. The first kappa shape index (κ1) is 14.8. The molecule has 0 aromatic heterocycles. The zero-order chi connectivity index (χ0) is 13.9. The van der Waals surface area contributed by atoms with E-state index < -0.39 is 0 Å². The van der Waals surface area contributed by atoms with E-state index in [1.165, 1.54) is 13.0 Å². The van der Waals surface area contributed by atoms with Gasteiger partial charge < -0.3 is 15.5 Å². The van der Waals surface area contributed by atoms with Crippen molar-refractivity contribution in [3.8, 4) is 0 Å². The maximum absolute atomic E-state index is 12.0. The van der Waals surface area contributed by atoms with Crippen LogP contribution >= 0.6 is 0 Å². The van der Waals surface area contributed by atoms with Crippen LogP contribution in [0.1, 0.15) is 33.1 Å². The van der Waals surface area contributed by atoms with Crippen LogP contribution in [0.3, 0.4) is 0 Å². The van der Waals surface area contributed by atoms with E-state index >= 15 is 0 Å². The first-order valence-corrected chi connectivity index (χ1v) is 7.63. The fourth-order valence-corrected chi connectivity index (χ4v) is 3.27. The van der Waals surface area contributed by atoms with Crippen LogP contribution in [-0.2, 0) is 4.79 Å². The lowest BCUT2D eigenvalue weighted by atomic mass is 9.78. The molecule has 2 aliphatic rings. The summed E-state index contributed by atoms with van der Waals surface area (Å²) in [5.41, 5.74) is 0.203. The van der Waals surface area contributed by atoms with Crippen molar-refractivity contribution >= 4 is 5.91 Å². The third-order valence-electron chi connectivity index (χ3n) is 4.87. The molecule has 1 amide bonds. The average Bonchev–Trinajstić information content (AvgIpc) is 2.98. The predicted octanol–water partition coefficient (Wildman–Crippen LogP) is 1.08. The molecule has 0 bridgehead atoms. The number of nitrogens with zero attached hydrogens (tertiary/aromatic N) is 1. The van der Waals surface area contributed by atoms with E-state index in [1.54, 1.807) is 0 Å². The summed E-state index contributed by atoms with van der Waals surface area (Å²) in [5.74, 6) is 1.47. The molecular formula is C15H29N3O. The lowest BCUT2D eigenvalue weighted by Crippen LogP contribution is -2.40. The topological polar surface area (TPSA) is 44.4 Å². The molecule has 0 saturated carbocycles. The number of carbonyl (C=O) groups excluding carboxylic acids is 1. The van der Waals surface area contributed by atoms with Crippen molar-refractivity contribution in [2.45, 2.75) is 33.1 Å². The van der Waals surface area contributed by atoms with Crippen LogP contribution in [-0.4, -0.2) is 50.6 Å². The Hall–Kier alpha value is -0.610. The first-order valence-electron chi connectivity index (χ1n) is 7.63. The number of carbonyl (C=O) groups is 1. The molecule has 2 N–H and O–H groups in total. The summed E-state index contributed by atoms with van der Waals surface area (Å²) < 4.78 is 0. The normalized spacial score (nSPS) is 28.8. The number of rotatable bonds is 5. The SMILES string of the molecule is CN1CCC(C(C)(C)CNC(=O)CC2CCNC2)C1. The lowest BCUT2D eigenvalue weighted by Gasteiger charge is -2.32. The zero-order valence-corrected chi connectivity index (χ0v) is 12.7. The Morgan fingerprint density at radius 1 is 1.42 bits per heavy atom. The van der Waals surface area contributed by atoms with Gasteiger partial charge in [-0.15, -0.1) is 0 Å². The van der Waals surface area contributed by atoms with Crippen molar-refractivity contribution in [3.05, 3.63) is 0 Å². The van der Waals surface area contributed by atoms with Crippen molar-refractivity contribution in [2.75, 3.05) is 39.8 Å². The number of amides is 1. The second-order valence-electron chi connectivity index (χ2n) is 7.08. The van der Waals surface area contributed by atoms with Crippen molar-refractivity contribution in [2.24, 2.45) is 17.3 Å². The van der Waals surface area contributed by atoms with Crippen LogP contribution in [0.2, 0.25) is 0 Å². The molecule has 2 fully saturated rings. The van der Waals surface area contributed by atoms with Crippen LogP contribution in [0.15, 0.2) is 0 Å². The van der Waals surface area contributed by atoms with Crippen molar-refractivity contribution in [3.63, 3.8) is 0 Å². The molecule has 2 rings (SSSR count). The first-order chi connectivity index (χ1) is 8.97. The van der Waals surface area contributed by atoms with Crippen LogP contribution in [0.4, 0.5) is 0 Å². The minimum absolute atomic E-state index is 0.203. The van der Waals surface area contributed by atoms with E-state index in [4.69, 9.17) is 0 Å². The van der Waals surface area contributed by atoms with Crippen LogP contribution in [0, 0.1) is 17.3 Å². The van der Waals surface area contributed by atoms with E-state index in [9.17, 15) is 4.79 Å². The third kappa shape index (κ3) is 4.18. The number of likely N-dealkylation sites (tertiary alicyclic amines) is 1. The molecular weight excluding hydrogens is 238 g/mol. The quantitative estimate of drug-likeness (QED) is 0.783. The summed E-state index contributed by atoms with van der Waals surface area (Å²) >= 11 is 0. The minimum Gasteiger partial charge on any atom is -0.356 e. The van der Waals surface area contributed by atoms with Gasteiger partial charge in [0, 0.05) is 19.5 Å². The van der Waals surface area contributed by atoms with Crippen molar-refractivity contribution in [1.82, 2.24) is 15.5 Å². The second kappa shape index (κ2) is 6.23. The number of hydrogen-bond donors (Lipinski definition) is 2. The Labute approximate surface area is 117 Å². The molecule has 110 valence electrons. The molecule has 0 aliphatic carbocycles. The van der Waals surface area contributed by atoms with Crippen LogP contribution in [0.5, 0.6) is 0 Å². The summed E-state index contributed by atoms with van der Waals surface area (Å²) in [7, 11) is 2.18. The molecule has 2 atom stereocenters. The Bertz CT molecular complexity index is 311. The van der Waals surface area contributed by atoms with Gasteiger partial charge in [0.1, 0.15) is 0 Å². The van der Waals surface area contributed by atoms with Crippen molar-refractivity contribution in [1.29, 1.82) is 0 Å². The highest BCUT2D eigenvalue weighted by Crippen LogP contribution is 2.33. The molecule has 4 nitrogen and oxygen atoms in total. The van der Waals surface area contributed by atoms with Crippen LogP contribution < -0.4 is 10.6 Å². The molecule has 0 spiro atoms. The Kier molecular flexibility index (Phi) is 4.85. The number of nitrogens with one attached hydrogen (secondary N) is 2. The maximum Gasteiger partial charge on any atom is 0.220 e. The average molecular weight is 267 g/mol. The van der Waals surface area contributed by atoms with Gasteiger partial charge in [-0.3, -0.25) is 4.79 Å². The van der Waals surface area contributed by atoms with Gasteiger partial charge in [-0.25, -0.2) is 0 Å². The highest BCUT2D eigenvalue weighted by Gasteiger charge is 2.34. The van der Waals surface area contributed by atoms with Gasteiger partial charge in [0.25, 0.3) is 0 Å². The second-order valence-corrected chi connectivity index (χ2v) is 7.08. The van der Waals surface area contributed by atoms with E-state index in [2.05, 4.69) is 36.4 Å². The molecule has 19 heavy (non-hydrogen) atoms. The lowest BCUT2D eigenvalue weighted by molar-refractivity contribution is -0.122. The van der Waals surface area contributed by atoms with Gasteiger partial charge >= 0.3 is 0 Å². The van der Waals surface area contributed by atoms with Gasteiger partial charge in [0.05, 0.1) is 0 Å². The summed E-state index contributed by atoms with van der Waals surface area (Å²) in [5, 5.41) is 6.47. The standard InChI is InChI=1S/C15H29N3O/c1-15(2,13-5-7-18(3)10-13)11-17-14(19)8-12-4-6-16-9-12/h12-13,16H,4-11H2,1-3H3,(H,17,19). The van der Waals surface area contributed by atoms with E-state index in [0.29, 0.717) is 18.3 Å². The smallest absolute Gasteiger partial charge is 0.220 e. The highest BCUT2D eigenvalue weighted by atomic mass is 16.1. The Morgan fingerprint density at radius 3 is 2.79 bits per heavy atom. The van der Waals surface area contributed by atoms with Gasteiger partial charge in [-0.1, -0.05) is 13.8 Å². The molecule has 2 aliphatic heterocycles. The zero-order valence-electron chi connectivity index (χ0n) is 12.7. The molecule has 2 heterocycles. The van der Waals surface area contributed by atoms with Gasteiger partial charge in [0.2, 0.25) is 5.91 Å². The van der Waals surface area contributed by atoms with Gasteiger partial charge in [0.15, 0.2) is 0 Å². The van der Waals surface area contributed by atoms with Gasteiger partial charge in [-0.05, 0) is 56.8 Å². The predicted molar refractivity (Wildman–Crippen MR) is 78.0 cm³/mol. The molecule has 2 saturated heterocycles. The molecule has 2 unspecified atom stereocenters. The summed E-state index contributed by atoms with van der Waals surface area (Å²) in [6, 6.07) is 0. The molecule has 4 heteroatoms. The minimum atomic E-state index is 0.203. The van der Waals surface area contributed by atoms with Crippen molar-refractivity contribution < 1.29 is 4.79 Å². The summed E-state index contributed by atoms with van der Waals surface area (Å²) in [4.78, 5) is 14.4. The number of hydrogen-bond acceptors (Lipinski definition) is 3. The monoisotopic (exact) mass is 267 g/mol. The summed E-state index contributed by atoms with van der Waals surface area (Å²) in [6.07, 6.45) is 3.09. The third-order valence-corrected chi connectivity index (χ3v) is 4.87. The largest absolute Gasteiger partial charge is 0.356 e. The van der Waals surface area contributed by atoms with E-state index in [1.807, 2.05) is 0 Å². The fourth-order valence-electron chi connectivity index (χ4n) is 3.27. The van der Waals surface area contributed by atoms with Crippen LogP contribution in [0.25, 0.3) is 0 Å². The molecule has 0 aromatic carbocycles. The molecule has 0 aromatic rings. The maximum atomic E-state index is 12.0. The Morgan fingerprint density at radius 2 is 2.21 bits per heavy atom. The van der Waals surface area contributed by atoms with E-state index in [0.717, 1.165) is 32.6 Å². The fraction of sp³-hybridized carbons (Fsp3) is 0.933. The van der Waals surface area contributed by atoms with E-state index in [-0.39, 0.29) is 11.3 Å². The highest BCUT2D eigenvalue weighted by molar-refractivity contribution is 5.76. The Balaban J connectivity index is 1.72. The van der Waals surface area contributed by atoms with Gasteiger partial charge in [-0.2, -0.15) is 0 Å².